The first-order chi connectivity index (χ1) is 7.77. The number of aromatic hydroxyl groups is 2. The summed E-state index contributed by atoms with van der Waals surface area (Å²) in [5.41, 5.74) is -2.87. The number of nitro benzene ring substituents is 2. The second kappa shape index (κ2) is 4.04. The van der Waals surface area contributed by atoms with Gasteiger partial charge in [0.05, 0.1) is 15.4 Å². The first-order valence-corrected chi connectivity index (χ1v) is 4.16. The molecule has 0 radical (unpaired) electrons. The zero-order valence-electron chi connectivity index (χ0n) is 8.41. The number of rotatable bonds is 3. The van der Waals surface area contributed by atoms with E-state index in [4.69, 9.17) is 0 Å². The average Bonchev–Trinajstić information content (AvgIpc) is 2.15. The molecule has 1 aromatic rings. The van der Waals surface area contributed by atoms with Crippen LogP contribution in [0.5, 0.6) is 11.5 Å². The van der Waals surface area contributed by atoms with Gasteiger partial charge >= 0.3 is 11.4 Å². The fraction of sp³-hybridized carbons (Fsp3) is 0.125. The van der Waals surface area contributed by atoms with E-state index in [1.807, 2.05) is 0 Å². The van der Waals surface area contributed by atoms with Crippen LogP contribution in [0.4, 0.5) is 11.4 Å². The molecule has 0 spiro atoms. The highest BCUT2D eigenvalue weighted by Crippen LogP contribution is 2.44. The summed E-state index contributed by atoms with van der Waals surface area (Å²) in [5, 5.41) is 39.7. The zero-order chi connectivity index (χ0) is 13.3. The molecular formula is C8H6N2O7. The van der Waals surface area contributed by atoms with E-state index in [0.717, 1.165) is 6.92 Å². The zero-order valence-corrected chi connectivity index (χ0v) is 8.41. The molecule has 0 aliphatic carbocycles. The number of nitro groups is 2. The molecule has 0 aromatic heterocycles. The van der Waals surface area contributed by atoms with Gasteiger partial charge in [-0.2, -0.15) is 0 Å². The van der Waals surface area contributed by atoms with Crippen LogP contribution in [-0.2, 0) is 0 Å². The number of carbonyl (C=O) groups is 1. The fourth-order valence-electron chi connectivity index (χ4n) is 1.21. The minimum Gasteiger partial charge on any atom is -0.501 e. The van der Waals surface area contributed by atoms with Crippen molar-refractivity contribution >= 4 is 17.2 Å². The Morgan fingerprint density at radius 2 is 1.71 bits per heavy atom. The van der Waals surface area contributed by atoms with Crippen molar-refractivity contribution in [2.24, 2.45) is 0 Å². The normalized spacial score (nSPS) is 9.94. The second-order valence-corrected chi connectivity index (χ2v) is 3.06. The molecule has 0 aliphatic rings. The monoisotopic (exact) mass is 242 g/mol. The number of benzene rings is 1. The predicted octanol–water partition coefficient (Wildman–Crippen LogP) is 1.12. The van der Waals surface area contributed by atoms with Crippen LogP contribution in [0, 0.1) is 20.2 Å². The summed E-state index contributed by atoms with van der Waals surface area (Å²) in [6.07, 6.45) is 0. The maximum Gasteiger partial charge on any atom is 0.359 e. The smallest absolute Gasteiger partial charge is 0.359 e. The van der Waals surface area contributed by atoms with Gasteiger partial charge in [0, 0.05) is 6.07 Å². The molecule has 0 aliphatic heterocycles. The molecule has 90 valence electrons. The number of nitrogens with zero attached hydrogens (tertiary/aromatic N) is 2. The highest BCUT2D eigenvalue weighted by atomic mass is 16.6. The maximum atomic E-state index is 11.0. The van der Waals surface area contributed by atoms with E-state index in [0.29, 0.717) is 6.07 Å². The summed E-state index contributed by atoms with van der Waals surface area (Å²) >= 11 is 0. The number of hydrogen-bond acceptors (Lipinski definition) is 7. The van der Waals surface area contributed by atoms with Crippen LogP contribution in [0.1, 0.15) is 17.3 Å². The first-order valence-electron chi connectivity index (χ1n) is 4.16. The van der Waals surface area contributed by atoms with E-state index < -0.39 is 44.1 Å². The van der Waals surface area contributed by atoms with E-state index in [2.05, 4.69) is 0 Å². The van der Waals surface area contributed by atoms with E-state index >= 15 is 0 Å². The third-order valence-electron chi connectivity index (χ3n) is 1.99. The standard InChI is InChI=1S/C8H6N2O7/c1-3(11)4-2-5(9(14)15)8(13)6(7(4)12)10(16)17/h2,12-13H,1H3. The highest BCUT2D eigenvalue weighted by Gasteiger charge is 2.33. The number of phenols is 2. The first kappa shape index (κ1) is 12.4. The van der Waals surface area contributed by atoms with Crippen LogP contribution in [0.15, 0.2) is 6.07 Å². The molecule has 2 N–H and O–H groups in total. The number of carbonyl (C=O) groups excluding carboxylic acids is 1. The van der Waals surface area contributed by atoms with Crippen LogP contribution in [-0.4, -0.2) is 25.8 Å². The largest absolute Gasteiger partial charge is 0.501 e. The lowest BCUT2D eigenvalue weighted by Crippen LogP contribution is -2.01. The SMILES string of the molecule is CC(=O)c1cc([N+](=O)[O-])c(O)c([N+](=O)[O-])c1O. The van der Waals surface area contributed by atoms with Gasteiger partial charge in [-0.05, 0) is 6.92 Å². The summed E-state index contributed by atoms with van der Waals surface area (Å²) in [6, 6.07) is 0.583. The Kier molecular flexibility index (Phi) is 2.94. The van der Waals surface area contributed by atoms with Gasteiger partial charge in [0.2, 0.25) is 5.75 Å². The quantitative estimate of drug-likeness (QED) is 0.458. The minimum absolute atomic E-state index is 0.583. The molecule has 0 amide bonds. The molecule has 9 nitrogen and oxygen atoms in total. The Bertz CT molecular complexity index is 499. The van der Waals surface area contributed by atoms with Crippen LogP contribution in [0.3, 0.4) is 0 Å². The number of Topliss-reactive ketones (excluding diaryl/α,β-unsaturated/α-hetero) is 1. The lowest BCUT2D eigenvalue weighted by Gasteiger charge is -2.04. The van der Waals surface area contributed by atoms with Crippen molar-refractivity contribution in [3.8, 4) is 11.5 Å². The third-order valence-corrected chi connectivity index (χ3v) is 1.99. The van der Waals surface area contributed by atoms with Crippen LogP contribution in [0.25, 0.3) is 0 Å². The van der Waals surface area contributed by atoms with Crippen LogP contribution < -0.4 is 0 Å². The van der Waals surface area contributed by atoms with Gasteiger partial charge in [0.15, 0.2) is 5.78 Å². The van der Waals surface area contributed by atoms with E-state index in [1.165, 1.54) is 0 Å². The van der Waals surface area contributed by atoms with Crippen LogP contribution >= 0.6 is 0 Å². The Morgan fingerprint density at radius 3 is 2.06 bits per heavy atom. The molecule has 0 saturated carbocycles. The Morgan fingerprint density at radius 1 is 1.18 bits per heavy atom. The fourth-order valence-corrected chi connectivity index (χ4v) is 1.21. The minimum atomic E-state index is -1.29. The van der Waals surface area contributed by atoms with Gasteiger partial charge in [-0.25, -0.2) is 0 Å². The van der Waals surface area contributed by atoms with E-state index in [-0.39, 0.29) is 0 Å². The van der Waals surface area contributed by atoms with Gasteiger partial charge in [-0.1, -0.05) is 0 Å². The highest BCUT2D eigenvalue weighted by molar-refractivity contribution is 5.99. The Labute approximate surface area is 93.2 Å². The molecule has 0 bridgehead atoms. The molecule has 0 saturated heterocycles. The van der Waals surface area contributed by atoms with Crippen molar-refractivity contribution < 1.29 is 24.9 Å². The summed E-state index contributed by atoms with van der Waals surface area (Å²) < 4.78 is 0. The molecule has 1 aromatic carbocycles. The molecule has 17 heavy (non-hydrogen) atoms. The maximum absolute atomic E-state index is 11.0. The summed E-state index contributed by atoms with van der Waals surface area (Å²) in [4.78, 5) is 29.8. The number of hydrogen-bond donors (Lipinski definition) is 2. The average molecular weight is 242 g/mol. The summed E-state index contributed by atoms with van der Waals surface area (Å²) in [5.74, 6) is -3.18. The Hall–Kier alpha value is -2.71. The predicted molar refractivity (Wildman–Crippen MR) is 53.1 cm³/mol. The van der Waals surface area contributed by atoms with Gasteiger partial charge in [0.1, 0.15) is 0 Å². The molecule has 1 rings (SSSR count). The van der Waals surface area contributed by atoms with Crippen molar-refractivity contribution in [2.75, 3.05) is 0 Å². The van der Waals surface area contributed by atoms with Gasteiger partial charge in [0.25, 0.3) is 5.75 Å². The van der Waals surface area contributed by atoms with Gasteiger partial charge < -0.3 is 10.2 Å². The van der Waals surface area contributed by atoms with E-state index in [9.17, 15) is 35.2 Å². The number of ketones is 1. The van der Waals surface area contributed by atoms with Crippen molar-refractivity contribution in [3.05, 3.63) is 31.9 Å². The van der Waals surface area contributed by atoms with Gasteiger partial charge in [-0.15, -0.1) is 0 Å². The van der Waals surface area contributed by atoms with Crippen molar-refractivity contribution in [1.82, 2.24) is 0 Å². The van der Waals surface area contributed by atoms with Crippen molar-refractivity contribution in [1.29, 1.82) is 0 Å². The molecule has 0 heterocycles. The van der Waals surface area contributed by atoms with Crippen molar-refractivity contribution in [2.45, 2.75) is 6.92 Å². The summed E-state index contributed by atoms with van der Waals surface area (Å²) in [6.45, 7) is 0.972. The van der Waals surface area contributed by atoms with E-state index in [1.54, 1.807) is 0 Å². The number of phenolic OH excluding ortho intramolecular Hbond substituents is 2. The molecule has 0 unspecified atom stereocenters. The second-order valence-electron chi connectivity index (χ2n) is 3.06. The molecule has 0 atom stereocenters. The van der Waals surface area contributed by atoms with Gasteiger partial charge in [-0.3, -0.25) is 25.0 Å². The topological polar surface area (TPSA) is 144 Å². The third kappa shape index (κ3) is 1.97. The molecular weight excluding hydrogens is 236 g/mol. The lowest BCUT2D eigenvalue weighted by atomic mass is 10.1. The molecule has 0 fully saturated rings. The lowest BCUT2D eigenvalue weighted by molar-refractivity contribution is -0.396. The molecule has 9 heteroatoms. The van der Waals surface area contributed by atoms with Crippen molar-refractivity contribution in [3.63, 3.8) is 0 Å². The summed E-state index contributed by atoms with van der Waals surface area (Å²) in [7, 11) is 0. The van der Waals surface area contributed by atoms with Crippen LogP contribution in [0.2, 0.25) is 0 Å². The Balaban J connectivity index is 3.76.